The number of ether oxygens (including phenoxy) is 4. The van der Waals surface area contributed by atoms with Gasteiger partial charge in [0.1, 0.15) is 19.3 Å². The number of aliphatic hydroxyl groups is 1. The molecule has 0 aromatic heterocycles. The number of esters is 4. The Labute approximate surface area is 409 Å². The SMILES string of the molecule is CCCCCCCCCC(=O)OC[C@H](COP(=O)(O)OCC(O)COP(=O)(O)OC[C@@H](COC(=O)CCCCCCCCC)OC(=O)CCCCCCCCC)OC(=O)CCCCCCCCC. The van der Waals surface area contributed by atoms with E-state index < -0.39 is 97.5 Å². The summed E-state index contributed by atoms with van der Waals surface area (Å²) in [6.45, 7) is 4.60. The summed E-state index contributed by atoms with van der Waals surface area (Å²) in [5.41, 5.74) is 0. The van der Waals surface area contributed by atoms with Crippen molar-refractivity contribution in [1.82, 2.24) is 0 Å². The second-order valence-corrected chi connectivity index (χ2v) is 20.8. The molecule has 0 aliphatic carbocycles. The number of unbranched alkanes of at least 4 members (excludes halogenated alkanes) is 24. The third kappa shape index (κ3) is 44.0. The molecule has 17 nitrogen and oxygen atoms in total. The van der Waals surface area contributed by atoms with Crippen molar-refractivity contribution in [3.8, 4) is 0 Å². The first-order chi connectivity index (χ1) is 32.7. The summed E-state index contributed by atoms with van der Waals surface area (Å²) >= 11 is 0. The summed E-state index contributed by atoms with van der Waals surface area (Å²) in [5.74, 6) is -2.17. The van der Waals surface area contributed by atoms with E-state index in [9.17, 15) is 43.2 Å². The van der Waals surface area contributed by atoms with E-state index in [1.807, 2.05) is 0 Å². The molecule has 0 aromatic carbocycles. The van der Waals surface area contributed by atoms with Gasteiger partial charge in [-0.3, -0.25) is 37.3 Å². The average Bonchev–Trinajstić information content (AvgIpc) is 3.30. The van der Waals surface area contributed by atoms with E-state index in [-0.39, 0.29) is 25.7 Å². The van der Waals surface area contributed by atoms with Gasteiger partial charge in [-0.05, 0) is 25.7 Å². The molecule has 0 saturated heterocycles. The number of rotatable bonds is 50. The van der Waals surface area contributed by atoms with Gasteiger partial charge in [0, 0.05) is 25.7 Å². The molecule has 0 radical (unpaired) electrons. The average molecular weight is 1020 g/mol. The van der Waals surface area contributed by atoms with Crippen molar-refractivity contribution in [3.05, 3.63) is 0 Å². The first-order valence-electron chi connectivity index (χ1n) is 26.3. The number of aliphatic hydroxyl groups excluding tert-OH is 1. The fourth-order valence-corrected chi connectivity index (χ4v) is 8.56. The Hall–Kier alpha value is -1.94. The highest BCUT2D eigenvalue weighted by molar-refractivity contribution is 7.47. The molecule has 0 fully saturated rings. The Morgan fingerprint density at radius 1 is 0.353 bits per heavy atom. The molecule has 0 aromatic rings. The third-order valence-electron chi connectivity index (χ3n) is 11.1. The molecule has 0 bridgehead atoms. The summed E-state index contributed by atoms with van der Waals surface area (Å²) in [5, 5.41) is 10.4. The van der Waals surface area contributed by atoms with E-state index in [1.165, 1.54) is 12.8 Å². The van der Waals surface area contributed by atoms with Crippen molar-refractivity contribution in [2.75, 3.05) is 39.6 Å². The van der Waals surface area contributed by atoms with Crippen LogP contribution >= 0.6 is 15.6 Å². The van der Waals surface area contributed by atoms with Gasteiger partial charge in [-0.15, -0.1) is 0 Å². The van der Waals surface area contributed by atoms with Crippen molar-refractivity contribution >= 4 is 39.5 Å². The summed E-state index contributed by atoms with van der Waals surface area (Å²) < 4.78 is 66.9. The highest BCUT2D eigenvalue weighted by atomic mass is 31.2. The molecule has 0 rings (SSSR count). The molecule has 0 aliphatic heterocycles. The Morgan fingerprint density at radius 3 is 0.868 bits per heavy atom. The van der Waals surface area contributed by atoms with Gasteiger partial charge in [-0.1, -0.05) is 182 Å². The van der Waals surface area contributed by atoms with Crippen LogP contribution in [0.3, 0.4) is 0 Å². The largest absolute Gasteiger partial charge is 0.472 e. The Kier molecular flexibility index (Phi) is 43.7. The zero-order valence-corrected chi connectivity index (χ0v) is 44.3. The lowest BCUT2D eigenvalue weighted by Gasteiger charge is -2.21. The molecule has 0 spiro atoms. The van der Waals surface area contributed by atoms with Crippen molar-refractivity contribution in [1.29, 1.82) is 0 Å². The maximum atomic E-state index is 12.8. The first-order valence-corrected chi connectivity index (χ1v) is 29.3. The lowest BCUT2D eigenvalue weighted by molar-refractivity contribution is -0.161. The highest BCUT2D eigenvalue weighted by Gasteiger charge is 2.30. The van der Waals surface area contributed by atoms with E-state index in [2.05, 4.69) is 27.7 Å². The molecule has 2 unspecified atom stereocenters. The standard InChI is InChI=1S/C49H94O17P2/c1-5-9-13-17-21-25-29-33-46(51)59-39-44(65-48(53)35-31-27-23-19-15-11-7-3)41-63-67(55,56)61-37-43(50)38-62-68(57,58)64-42-45(66-49(54)36-32-28-24-20-16-12-8-4)40-60-47(52)34-30-26-22-18-14-10-6-2/h43-45,50H,5-42H2,1-4H3,(H,55,56)(H,57,58)/t44-,45-/m1/s1. The second kappa shape index (κ2) is 45.0. The maximum Gasteiger partial charge on any atom is 0.472 e. The van der Waals surface area contributed by atoms with E-state index in [1.54, 1.807) is 0 Å². The van der Waals surface area contributed by atoms with Crippen LogP contribution in [0.25, 0.3) is 0 Å². The second-order valence-electron chi connectivity index (χ2n) is 17.8. The molecule has 0 saturated carbocycles. The topological polar surface area (TPSA) is 237 Å². The predicted octanol–water partition coefficient (Wildman–Crippen LogP) is 12.1. The molecule has 0 heterocycles. The van der Waals surface area contributed by atoms with Crippen molar-refractivity contribution in [3.63, 3.8) is 0 Å². The van der Waals surface area contributed by atoms with Crippen LogP contribution in [0.5, 0.6) is 0 Å². The van der Waals surface area contributed by atoms with Gasteiger partial charge in [0.15, 0.2) is 12.2 Å². The number of hydrogen-bond donors (Lipinski definition) is 3. The smallest absolute Gasteiger partial charge is 0.462 e. The monoisotopic (exact) mass is 1020 g/mol. The highest BCUT2D eigenvalue weighted by Crippen LogP contribution is 2.45. The van der Waals surface area contributed by atoms with Gasteiger partial charge in [0.2, 0.25) is 0 Å². The fourth-order valence-electron chi connectivity index (χ4n) is 6.98. The zero-order valence-electron chi connectivity index (χ0n) is 42.6. The molecule has 4 atom stereocenters. The lowest BCUT2D eigenvalue weighted by Crippen LogP contribution is -2.30. The van der Waals surface area contributed by atoms with Crippen LogP contribution < -0.4 is 0 Å². The first kappa shape index (κ1) is 66.1. The lowest BCUT2D eigenvalue weighted by atomic mass is 10.1. The van der Waals surface area contributed by atoms with Crippen molar-refractivity contribution in [2.24, 2.45) is 0 Å². The van der Waals surface area contributed by atoms with Crippen LogP contribution in [-0.2, 0) is 65.4 Å². The van der Waals surface area contributed by atoms with E-state index in [0.29, 0.717) is 25.7 Å². The molecule has 3 N–H and O–H groups in total. The predicted molar refractivity (Wildman–Crippen MR) is 262 cm³/mol. The third-order valence-corrected chi connectivity index (χ3v) is 13.0. The molecular formula is C49H94O17P2. The van der Waals surface area contributed by atoms with E-state index >= 15 is 0 Å². The van der Waals surface area contributed by atoms with Gasteiger partial charge in [-0.25, -0.2) is 9.13 Å². The molecule has 402 valence electrons. The minimum Gasteiger partial charge on any atom is -0.462 e. The van der Waals surface area contributed by atoms with Crippen LogP contribution in [0.15, 0.2) is 0 Å². The van der Waals surface area contributed by atoms with Crippen molar-refractivity contribution < 1.29 is 80.2 Å². The number of carbonyl (C=O) groups excluding carboxylic acids is 4. The van der Waals surface area contributed by atoms with Crippen LogP contribution in [0.2, 0.25) is 0 Å². The molecule has 0 aliphatic rings. The van der Waals surface area contributed by atoms with Crippen LogP contribution in [0.1, 0.15) is 233 Å². The molecule has 19 heteroatoms. The minimum atomic E-state index is -4.92. The number of phosphoric acid groups is 2. The maximum absolute atomic E-state index is 12.8. The zero-order chi connectivity index (χ0) is 50.6. The summed E-state index contributed by atoms with van der Waals surface area (Å²) in [6, 6.07) is 0. The van der Waals surface area contributed by atoms with E-state index in [0.717, 1.165) is 141 Å². The molecular weight excluding hydrogens is 922 g/mol. The van der Waals surface area contributed by atoms with Crippen molar-refractivity contribution in [2.45, 2.75) is 251 Å². The summed E-state index contributed by atoms with van der Waals surface area (Å²) in [7, 11) is -9.83. The molecule has 68 heavy (non-hydrogen) atoms. The normalized spacial score (nSPS) is 14.6. The number of hydrogen-bond acceptors (Lipinski definition) is 15. The Bertz CT molecular complexity index is 1250. The van der Waals surface area contributed by atoms with Crippen LogP contribution in [-0.4, -0.2) is 96.7 Å². The van der Waals surface area contributed by atoms with Gasteiger partial charge in [-0.2, -0.15) is 0 Å². The summed E-state index contributed by atoms with van der Waals surface area (Å²) in [4.78, 5) is 71.0. The van der Waals surface area contributed by atoms with Gasteiger partial charge < -0.3 is 33.8 Å². The van der Waals surface area contributed by atoms with Gasteiger partial charge in [0.25, 0.3) is 0 Å². The molecule has 0 amide bonds. The fraction of sp³-hybridized carbons (Fsp3) is 0.918. The minimum absolute atomic E-state index is 0.103. The van der Waals surface area contributed by atoms with Gasteiger partial charge >= 0.3 is 39.5 Å². The number of phosphoric ester groups is 2. The summed E-state index contributed by atoms with van der Waals surface area (Å²) in [6.07, 6.45) is 24.4. The van der Waals surface area contributed by atoms with Crippen LogP contribution in [0.4, 0.5) is 0 Å². The van der Waals surface area contributed by atoms with Gasteiger partial charge in [0.05, 0.1) is 26.4 Å². The quantitative estimate of drug-likeness (QED) is 0.0222. The Balaban J connectivity index is 5.17. The number of carbonyl (C=O) groups is 4. The Morgan fingerprint density at radius 2 is 0.588 bits per heavy atom. The van der Waals surface area contributed by atoms with Crippen LogP contribution in [0, 0.1) is 0 Å². The van der Waals surface area contributed by atoms with E-state index in [4.69, 9.17) is 37.0 Å².